The van der Waals surface area contributed by atoms with Crippen molar-refractivity contribution in [2.45, 2.75) is 31.9 Å². The van der Waals surface area contributed by atoms with E-state index in [-0.39, 0.29) is 23.9 Å². The van der Waals surface area contributed by atoms with Crippen LogP contribution < -0.4 is 10.1 Å². The number of carbonyl (C=O) groups is 1. The average Bonchev–Trinajstić information content (AvgIpc) is 2.76. The molecule has 1 unspecified atom stereocenters. The van der Waals surface area contributed by atoms with Gasteiger partial charge in [-0.25, -0.2) is 4.39 Å². The van der Waals surface area contributed by atoms with E-state index in [1.807, 2.05) is 6.92 Å². The second-order valence-corrected chi connectivity index (χ2v) is 7.93. The predicted molar refractivity (Wildman–Crippen MR) is 116 cm³/mol. The highest BCUT2D eigenvalue weighted by molar-refractivity contribution is 6.30. The van der Waals surface area contributed by atoms with Crippen LogP contribution in [0.3, 0.4) is 0 Å². The maximum atomic E-state index is 13.7. The first-order chi connectivity index (χ1) is 14.5. The minimum atomic E-state index is -0.310. The molecule has 0 aliphatic carbocycles. The fraction of sp³-hybridized carbons (Fsp3) is 0.304. The summed E-state index contributed by atoms with van der Waals surface area (Å²) in [6.45, 7) is 3.40. The van der Waals surface area contributed by atoms with Crippen LogP contribution in [0, 0.1) is 5.82 Å². The molecule has 1 N–H and O–H groups in total. The van der Waals surface area contributed by atoms with Crippen LogP contribution in [0.15, 0.2) is 54.7 Å². The molecule has 30 heavy (non-hydrogen) atoms. The number of aromatic nitrogens is 1. The zero-order valence-corrected chi connectivity index (χ0v) is 17.4. The minimum absolute atomic E-state index is 0.0154. The topological polar surface area (TPSA) is 54.5 Å². The molecule has 0 saturated carbocycles. The number of hydrogen-bond donors (Lipinski definition) is 1. The largest absolute Gasteiger partial charge is 0.490 e. The van der Waals surface area contributed by atoms with Gasteiger partial charge < -0.3 is 10.1 Å². The fourth-order valence-electron chi connectivity index (χ4n) is 3.70. The SMILES string of the molecule is CC(C(=O)Nc1ccc(Cl)cc1)N1CCC(Oc2ccnc3ccc(F)cc23)CC1. The summed E-state index contributed by atoms with van der Waals surface area (Å²) < 4.78 is 19.8. The number of benzene rings is 2. The van der Waals surface area contributed by atoms with E-state index in [4.69, 9.17) is 16.3 Å². The Balaban J connectivity index is 1.34. The van der Waals surface area contributed by atoms with Crippen molar-refractivity contribution >= 4 is 34.1 Å². The number of anilines is 1. The normalized spacial score (nSPS) is 16.4. The molecule has 7 heteroatoms. The highest BCUT2D eigenvalue weighted by atomic mass is 35.5. The van der Waals surface area contributed by atoms with Gasteiger partial charge in [0.2, 0.25) is 5.91 Å². The average molecular weight is 428 g/mol. The second-order valence-electron chi connectivity index (χ2n) is 7.50. The van der Waals surface area contributed by atoms with Crippen molar-refractivity contribution in [2.75, 3.05) is 18.4 Å². The number of pyridine rings is 1. The first-order valence-electron chi connectivity index (χ1n) is 10.0. The summed E-state index contributed by atoms with van der Waals surface area (Å²) in [5, 5.41) is 4.24. The molecule has 1 aliphatic heterocycles. The third-order valence-electron chi connectivity index (χ3n) is 5.47. The van der Waals surface area contributed by atoms with Gasteiger partial charge in [0.15, 0.2) is 0 Å². The van der Waals surface area contributed by atoms with Gasteiger partial charge in [-0.3, -0.25) is 14.7 Å². The van der Waals surface area contributed by atoms with Gasteiger partial charge in [0.05, 0.1) is 11.6 Å². The monoisotopic (exact) mass is 427 g/mol. The second kappa shape index (κ2) is 8.98. The van der Waals surface area contributed by atoms with Gasteiger partial charge in [0.25, 0.3) is 0 Å². The van der Waals surface area contributed by atoms with E-state index in [1.54, 1.807) is 42.6 Å². The standard InChI is InChI=1S/C23H23ClFN3O2/c1-15(23(29)27-18-5-2-16(24)3-6-18)28-12-9-19(10-13-28)30-22-8-11-26-21-7-4-17(25)14-20(21)22/h2-8,11,14-15,19H,9-10,12-13H2,1H3,(H,27,29). The van der Waals surface area contributed by atoms with Crippen LogP contribution in [0.2, 0.25) is 5.02 Å². The zero-order chi connectivity index (χ0) is 21.1. The minimum Gasteiger partial charge on any atom is -0.490 e. The molecule has 1 saturated heterocycles. The van der Waals surface area contributed by atoms with Crippen LogP contribution in [-0.2, 0) is 4.79 Å². The molecule has 1 atom stereocenters. The van der Waals surface area contributed by atoms with E-state index < -0.39 is 0 Å². The number of amides is 1. The van der Waals surface area contributed by atoms with Crippen LogP contribution >= 0.6 is 11.6 Å². The molecule has 2 heterocycles. The van der Waals surface area contributed by atoms with Gasteiger partial charge in [0, 0.05) is 35.4 Å². The van der Waals surface area contributed by atoms with Crippen molar-refractivity contribution in [3.8, 4) is 5.75 Å². The molecule has 2 aromatic carbocycles. The summed E-state index contributed by atoms with van der Waals surface area (Å²) in [7, 11) is 0. The Bertz CT molecular complexity index is 1040. The fourth-order valence-corrected chi connectivity index (χ4v) is 3.83. The molecule has 0 radical (unpaired) electrons. The van der Waals surface area contributed by atoms with E-state index in [2.05, 4.69) is 15.2 Å². The smallest absolute Gasteiger partial charge is 0.241 e. The van der Waals surface area contributed by atoms with Crippen molar-refractivity contribution < 1.29 is 13.9 Å². The summed E-state index contributed by atoms with van der Waals surface area (Å²) in [6.07, 6.45) is 3.27. The van der Waals surface area contributed by atoms with E-state index >= 15 is 0 Å². The lowest BCUT2D eigenvalue weighted by Crippen LogP contribution is -2.47. The summed E-state index contributed by atoms with van der Waals surface area (Å²) in [6, 6.07) is 13.1. The molecule has 1 aromatic heterocycles. The summed E-state index contributed by atoms with van der Waals surface area (Å²) in [5.41, 5.74) is 1.44. The highest BCUT2D eigenvalue weighted by Gasteiger charge is 2.27. The Labute approximate surface area is 179 Å². The molecular formula is C23H23ClFN3O2. The lowest BCUT2D eigenvalue weighted by molar-refractivity contribution is -0.121. The van der Waals surface area contributed by atoms with Crippen molar-refractivity contribution in [1.29, 1.82) is 0 Å². The molecule has 1 amide bonds. The van der Waals surface area contributed by atoms with Crippen LogP contribution in [-0.4, -0.2) is 41.0 Å². The number of hydrogen-bond acceptors (Lipinski definition) is 4. The van der Waals surface area contributed by atoms with Gasteiger partial charge in [-0.2, -0.15) is 0 Å². The number of ether oxygens (including phenoxy) is 1. The van der Waals surface area contributed by atoms with Gasteiger partial charge >= 0.3 is 0 Å². The van der Waals surface area contributed by atoms with Crippen molar-refractivity contribution in [3.63, 3.8) is 0 Å². The molecule has 0 spiro atoms. The third kappa shape index (κ3) is 4.71. The molecule has 1 aliphatic rings. The molecule has 0 bridgehead atoms. The number of nitrogens with zero attached hydrogens (tertiary/aromatic N) is 2. The summed E-state index contributed by atoms with van der Waals surface area (Å²) >= 11 is 5.89. The molecule has 5 nitrogen and oxygen atoms in total. The zero-order valence-electron chi connectivity index (χ0n) is 16.6. The third-order valence-corrected chi connectivity index (χ3v) is 5.72. The van der Waals surface area contributed by atoms with E-state index in [0.29, 0.717) is 21.7 Å². The summed E-state index contributed by atoms with van der Waals surface area (Å²) in [4.78, 5) is 19.0. The Hall–Kier alpha value is -2.70. The highest BCUT2D eigenvalue weighted by Crippen LogP contribution is 2.28. The maximum Gasteiger partial charge on any atom is 0.241 e. The van der Waals surface area contributed by atoms with Crippen molar-refractivity contribution in [1.82, 2.24) is 9.88 Å². The Morgan fingerprint density at radius 1 is 1.20 bits per heavy atom. The Kier molecular flexibility index (Phi) is 6.16. The number of fused-ring (bicyclic) bond motifs is 1. The number of piperidine rings is 1. The number of carbonyl (C=O) groups excluding carboxylic acids is 1. The number of rotatable bonds is 5. The molecular weight excluding hydrogens is 405 g/mol. The molecule has 4 rings (SSSR count). The maximum absolute atomic E-state index is 13.7. The lowest BCUT2D eigenvalue weighted by atomic mass is 10.1. The Morgan fingerprint density at radius 2 is 1.93 bits per heavy atom. The van der Waals surface area contributed by atoms with Crippen LogP contribution in [0.5, 0.6) is 5.75 Å². The number of halogens is 2. The lowest BCUT2D eigenvalue weighted by Gasteiger charge is -2.35. The number of nitrogens with one attached hydrogen (secondary N) is 1. The quantitative estimate of drug-likeness (QED) is 0.629. The first-order valence-corrected chi connectivity index (χ1v) is 10.4. The summed E-state index contributed by atoms with van der Waals surface area (Å²) in [5.74, 6) is 0.287. The molecule has 3 aromatic rings. The van der Waals surface area contributed by atoms with E-state index in [0.717, 1.165) is 31.6 Å². The van der Waals surface area contributed by atoms with Crippen LogP contribution in [0.4, 0.5) is 10.1 Å². The Morgan fingerprint density at radius 3 is 2.67 bits per heavy atom. The van der Waals surface area contributed by atoms with E-state index in [1.165, 1.54) is 12.1 Å². The van der Waals surface area contributed by atoms with Gasteiger partial charge in [-0.15, -0.1) is 0 Å². The molecule has 1 fully saturated rings. The van der Waals surface area contributed by atoms with Gasteiger partial charge in [0.1, 0.15) is 17.7 Å². The molecule has 156 valence electrons. The van der Waals surface area contributed by atoms with Crippen molar-refractivity contribution in [2.24, 2.45) is 0 Å². The van der Waals surface area contributed by atoms with Gasteiger partial charge in [-0.05, 0) is 68.3 Å². The van der Waals surface area contributed by atoms with Crippen molar-refractivity contribution in [3.05, 3.63) is 65.6 Å². The number of likely N-dealkylation sites (tertiary alicyclic amines) is 1. The van der Waals surface area contributed by atoms with Crippen LogP contribution in [0.1, 0.15) is 19.8 Å². The van der Waals surface area contributed by atoms with Crippen LogP contribution in [0.25, 0.3) is 10.9 Å². The van der Waals surface area contributed by atoms with Gasteiger partial charge in [-0.1, -0.05) is 11.6 Å². The van der Waals surface area contributed by atoms with E-state index in [9.17, 15) is 9.18 Å². The first kappa shape index (κ1) is 20.6. The predicted octanol–water partition coefficient (Wildman–Crippen LogP) is 4.90.